The van der Waals surface area contributed by atoms with Crippen molar-refractivity contribution in [2.75, 3.05) is 7.11 Å². The van der Waals surface area contributed by atoms with Gasteiger partial charge in [-0.25, -0.2) is 4.98 Å². The predicted octanol–water partition coefficient (Wildman–Crippen LogP) is 1.95. The summed E-state index contributed by atoms with van der Waals surface area (Å²) in [4.78, 5) is 4.25. The summed E-state index contributed by atoms with van der Waals surface area (Å²) in [7, 11) is 1.61. The van der Waals surface area contributed by atoms with Crippen LogP contribution in [0.25, 0.3) is 10.9 Å². The Morgan fingerprint density at radius 1 is 1.31 bits per heavy atom. The first kappa shape index (κ1) is 12.3. The van der Waals surface area contributed by atoms with Crippen LogP contribution in [0.2, 0.25) is 0 Å². The zero-order valence-corrected chi connectivity index (χ0v) is 9.54. The SMILES string of the molecule is COc1ccc2ccc(C(=N)N)nc2c1.Cl. The van der Waals surface area contributed by atoms with Gasteiger partial charge in [-0.3, -0.25) is 5.41 Å². The first-order chi connectivity index (χ1) is 7.20. The third-order valence-electron chi connectivity index (χ3n) is 2.18. The van der Waals surface area contributed by atoms with Crippen molar-refractivity contribution in [2.45, 2.75) is 0 Å². The molecule has 2 aromatic rings. The second-order valence-electron chi connectivity index (χ2n) is 3.17. The topological polar surface area (TPSA) is 72.0 Å². The van der Waals surface area contributed by atoms with Crippen molar-refractivity contribution in [1.29, 1.82) is 5.41 Å². The Morgan fingerprint density at radius 3 is 2.62 bits per heavy atom. The summed E-state index contributed by atoms with van der Waals surface area (Å²) in [5.74, 6) is 0.718. The molecule has 4 nitrogen and oxygen atoms in total. The van der Waals surface area contributed by atoms with E-state index in [2.05, 4.69) is 4.98 Å². The molecular weight excluding hydrogens is 226 g/mol. The molecule has 3 N–H and O–H groups in total. The van der Waals surface area contributed by atoms with E-state index in [-0.39, 0.29) is 18.2 Å². The van der Waals surface area contributed by atoms with Crippen molar-refractivity contribution in [2.24, 2.45) is 5.73 Å². The fourth-order valence-electron chi connectivity index (χ4n) is 1.37. The van der Waals surface area contributed by atoms with Crippen molar-refractivity contribution in [3.05, 3.63) is 36.0 Å². The molecule has 84 valence electrons. The fraction of sp³-hybridized carbons (Fsp3) is 0.0909. The summed E-state index contributed by atoms with van der Waals surface area (Å²) in [6.07, 6.45) is 0. The number of hydrogen-bond acceptors (Lipinski definition) is 3. The molecule has 16 heavy (non-hydrogen) atoms. The minimum absolute atomic E-state index is 0. The molecule has 0 unspecified atom stereocenters. The average Bonchev–Trinajstić information content (AvgIpc) is 2.27. The lowest BCUT2D eigenvalue weighted by Gasteiger charge is -2.03. The lowest BCUT2D eigenvalue weighted by atomic mass is 10.2. The number of pyridine rings is 1. The van der Waals surface area contributed by atoms with Crippen LogP contribution < -0.4 is 10.5 Å². The molecule has 0 saturated heterocycles. The van der Waals surface area contributed by atoms with Crippen molar-refractivity contribution in [1.82, 2.24) is 4.98 Å². The molecule has 1 aromatic heterocycles. The van der Waals surface area contributed by atoms with Gasteiger partial charge in [0.25, 0.3) is 0 Å². The van der Waals surface area contributed by atoms with Gasteiger partial charge in [0.15, 0.2) is 0 Å². The number of fused-ring (bicyclic) bond motifs is 1. The van der Waals surface area contributed by atoms with Crippen LogP contribution in [0.1, 0.15) is 5.69 Å². The number of methoxy groups -OCH3 is 1. The standard InChI is InChI=1S/C11H11N3O.ClH/c1-15-8-4-2-7-3-5-9(11(12)13)14-10(7)6-8;/h2-6H,1H3,(H3,12,13);1H. The summed E-state index contributed by atoms with van der Waals surface area (Å²) < 4.78 is 5.10. The van der Waals surface area contributed by atoms with Crippen LogP contribution >= 0.6 is 12.4 Å². The number of benzene rings is 1. The number of halogens is 1. The van der Waals surface area contributed by atoms with Crippen molar-refractivity contribution in [3.63, 3.8) is 0 Å². The molecule has 5 heteroatoms. The van der Waals surface area contributed by atoms with E-state index in [1.54, 1.807) is 13.2 Å². The van der Waals surface area contributed by atoms with Crippen LogP contribution in [0.5, 0.6) is 5.75 Å². The van der Waals surface area contributed by atoms with Gasteiger partial charge in [-0.1, -0.05) is 6.07 Å². The third-order valence-corrected chi connectivity index (χ3v) is 2.18. The summed E-state index contributed by atoms with van der Waals surface area (Å²) in [5, 5.41) is 8.29. The highest BCUT2D eigenvalue weighted by atomic mass is 35.5. The first-order valence-corrected chi connectivity index (χ1v) is 4.50. The average molecular weight is 238 g/mol. The van der Waals surface area contributed by atoms with E-state index < -0.39 is 0 Å². The largest absolute Gasteiger partial charge is 0.497 e. The minimum atomic E-state index is -0.0280. The molecule has 0 fully saturated rings. The smallest absolute Gasteiger partial charge is 0.141 e. The van der Waals surface area contributed by atoms with E-state index in [1.807, 2.05) is 24.3 Å². The van der Waals surface area contributed by atoms with E-state index in [4.69, 9.17) is 15.9 Å². The quantitative estimate of drug-likeness (QED) is 0.619. The Hall–Kier alpha value is -1.81. The van der Waals surface area contributed by atoms with Crippen LogP contribution in [0.15, 0.2) is 30.3 Å². The Labute approximate surface area is 99.4 Å². The summed E-state index contributed by atoms with van der Waals surface area (Å²) in [5.41, 5.74) is 6.63. The molecule has 0 aliphatic rings. The van der Waals surface area contributed by atoms with Gasteiger partial charge in [0, 0.05) is 11.5 Å². The Balaban J connectivity index is 0.00000128. The van der Waals surface area contributed by atoms with E-state index in [0.29, 0.717) is 5.69 Å². The van der Waals surface area contributed by atoms with Crippen molar-refractivity contribution < 1.29 is 4.74 Å². The summed E-state index contributed by atoms with van der Waals surface area (Å²) >= 11 is 0. The van der Waals surface area contributed by atoms with Crippen LogP contribution in [-0.4, -0.2) is 17.9 Å². The molecule has 0 radical (unpaired) electrons. The molecule has 0 amide bonds. The molecule has 0 aliphatic carbocycles. The highest BCUT2D eigenvalue weighted by Gasteiger charge is 2.01. The second-order valence-corrected chi connectivity index (χ2v) is 3.17. The number of nitrogen functional groups attached to an aromatic ring is 1. The van der Waals surface area contributed by atoms with Gasteiger partial charge in [-0.15, -0.1) is 12.4 Å². The Morgan fingerprint density at radius 2 is 2.00 bits per heavy atom. The number of nitrogens with two attached hydrogens (primary N) is 1. The molecule has 1 aromatic carbocycles. The molecule has 1 heterocycles. The summed E-state index contributed by atoms with van der Waals surface area (Å²) in [6.45, 7) is 0. The molecule has 0 spiro atoms. The van der Waals surface area contributed by atoms with E-state index in [1.165, 1.54) is 0 Å². The monoisotopic (exact) mass is 237 g/mol. The predicted molar refractivity (Wildman–Crippen MR) is 66.6 cm³/mol. The normalized spacial score (nSPS) is 9.56. The number of hydrogen-bond donors (Lipinski definition) is 2. The van der Waals surface area contributed by atoms with Crippen molar-refractivity contribution >= 4 is 29.1 Å². The van der Waals surface area contributed by atoms with Crippen LogP contribution in [-0.2, 0) is 0 Å². The van der Waals surface area contributed by atoms with Gasteiger partial charge < -0.3 is 10.5 Å². The molecular formula is C11H12ClN3O. The van der Waals surface area contributed by atoms with Gasteiger partial charge in [0.2, 0.25) is 0 Å². The van der Waals surface area contributed by atoms with E-state index in [9.17, 15) is 0 Å². The van der Waals surface area contributed by atoms with Gasteiger partial charge in [-0.05, 0) is 18.2 Å². The maximum atomic E-state index is 7.29. The molecule has 0 aliphatic heterocycles. The minimum Gasteiger partial charge on any atom is -0.497 e. The van der Waals surface area contributed by atoms with Crippen LogP contribution in [0.3, 0.4) is 0 Å². The molecule has 0 bridgehead atoms. The van der Waals surface area contributed by atoms with Gasteiger partial charge >= 0.3 is 0 Å². The number of rotatable bonds is 2. The van der Waals surface area contributed by atoms with Gasteiger partial charge in [0.1, 0.15) is 17.3 Å². The Kier molecular flexibility index (Phi) is 3.68. The Bertz CT molecular complexity index is 528. The van der Waals surface area contributed by atoms with Crippen molar-refractivity contribution in [3.8, 4) is 5.75 Å². The first-order valence-electron chi connectivity index (χ1n) is 4.50. The zero-order valence-electron chi connectivity index (χ0n) is 8.73. The molecule has 2 rings (SSSR count). The van der Waals surface area contributed by atoms with Gasteiger partial charge in [0.05, 0.1) is 12.6 Å². The van der Waals surface area contributed by atoms with E-state index in [0.717, 1.165) is 16.7 Å². The number of ether oxygens (including phenoxy) is 1. The lowest BCUT2D eigenvalue weighted by Crippen LogP contribution is -2.12. The van der Waals surface area contributed by atoms with E-state index >= 15 is 0 Å². The zero-order chi connectivity index (χ0) is 10.8. The lowest BCUT2D eigenvalue weighted by molar-refractivity contribution is 0.415. The number of nitrogens with zero attached hydrogens (tertiary/aromatic N) is 1. The second kappa shape index (κ2) is 4.81. The maximum Gasteiger partial charge on any atom is 0.141 e. The highest BCUT2D eigenvalue weighted by molar-refractivity contribution is 5.95. The fourth-order valence-corrected chi connectivity index (χ4v) is 1.37. The molecule has 0 atom stereocenters. The summed E-state index contributed by atoms with van der Waals surface area (Å²) in [6, 6.07) is 9.24. The number of aromatic nitrogens is 1. The maximum absolute atomic E-state index is 7.29. The van der Waals surface area contributed by atoms with Crippen LogP contribution in [0.4, 0.5) is 0 Å². The molecule has 0 saturated carbocycles. The number of amidine groups is 1. The highest BCUT2D eigenvalue weighted by Crippen LogP contribution is 2.19. The van der Waals surface area contributed by atoms with Crippen LogP contribution in [0, 0.1) is 5.41 Å². The number of nitrogens with one attached hydrogen (secondary N) is 1. The van der Waals surface area contributed by atoms with Gasteiger partial charge in [-0.2, -0.15) is 0 Å². The third kappa shape index (κ3) is 2.23.